The summed E-state index contributed by atoms with van der Waals surface area (Å²) in [6.45, 7) is 3.91. The van der Waals surface area contributed by atoms with Crippen molar-refractivity contribution in [2.75, 3.05) is 21.3 Å². The lowest BCUT2D eigenvalue weighted by Gasteiger charge is -2.37. The first kappa shape index (κ1) is 22.4. The van der Waals surface area contributed by atoms with Crippen molar-refractivity contribution in [3.8, 4) is 17.2 Å². The van der Waals surface area contributed by atoms with E-state index in [-0.39, 0.29) is 30.3 Å². The van der Waals surface area contributed by atoms with E-state index in [1.807, 2.05) is 26.0 Å². The monoisotopic (exact) mass is 386 g/mol. The summed E-state index contributed by atoms with van der Waals surface area (Å²) < 4.78 is 16.1. The van der Waals surface area contributed by atoms with Crippen molar-refractivity contribution in [2.24, 2.45) is 11.7 Å². The maximum absolute atomic E-state index is 12.8. The van der Waals surface area contributed by atoms with Gasteiger partial charge in [-0.05, 0) is 44.4 Å². The molecule has 1 aromatic rings. The Labute approximate surface area is 162 Å². The molecule has 0 aromatic heterocycles. The van der Waals surface area contributed by atoms with Crippen molar-refractivity contribution in [1.82, 2.24) is 5.32 Å². The van der Waals surface area contributed by atoms with Gasteiger partial charge in [-0.1, -0.05) is 12.8 Å². The molecule has 0 spiro atoms. The van der Waals surface area contributed by atoms with E-state index in [0.29, 0.717) is 17.2 Å². The van der Waals surface area contributed by atoms with E-state index in [4.69, 9.17) is 19.9 Å². The minimum atomic E-state index is -0.447. The molecule has 1 fully saturated rings. The van der Waals surface area contributed by atoms with Gasteiger partial charge in [0.05, 0.1) is 33.3 Å². The molecule has 7 heteroatoms. The molecule has 1 aromatic carbocycles. The van der Waals surface area contributed by atoms with E-state index >= 15 is 0 Å². The van der Waals surface area contributed by atoms with Crippen LogP contribution < -0.4 is 25.3 Å². The van der Waals surface area contributed by atoms with Gasteiger partial charge in [0.15, 0.2) is 11.5 Å². The van der Waals surface area contributed by atoms with Gasteiger partial charge in [-0.2, -0.15) is 0 Å². The zero-order valence-corrected chi connectivity index (χ0v) is 17.1. The first-order chi connectivity index (χ1) is 11.8. The van der Waals surface area contributed by atoms with Crippen LogP contribution in [0.2, 0.25) is 0 Å². The predicted octanol–water partition coefficient (Wildman–Crippen LogP) is 3.22. The number of halogens is 1. The number of hydrogen-bond acceptors (Lipinski definition) is 5. The van der Waals surface area contributed by atoms with Gasteiger partial charge in [-0.25, -0.2) is 0 Å². The Kier molecular flexibility index (Phi) is 8.03. The summed E-state index contributed by atoms with van der Waals surface area (Å²) in [5, 5.41) is 3.09. The zero-order chi connectivity index (χ0) is 18.6. The lowest BCUT2D eigenvalue weighted by atomic mass is 9.74. The van der Waals surface area contributed by atoms with Crippen molar-refractivity contribution in [1.29, 1.82) is 0 Å². The number of ether oxygens (including phenoxy) is 3. The third-order valence-electron chi connectivity index (χ3n) is 5.12. The topological polar surface area (TPSA) is 82.8 Å². The normalized spacial score (nSPS) is 23.4. The smallest absolute Gasteiger partial charge is 0.225 e. The van der Waals surface area contributed by atoms with Gasteiger partial charge < -0.3 is 25.3 Å². The number of amides is 1. The molecule has 0 bridgehead atoms. The Morgan fingerprint density at radius 2 is 1.77 bits per heavy atom. The van der Waals surface area contributed by atoms with Gasteiger partial charge in [-0.3, -0.25) is 4.79 Å². The molecule has 6 nitrogen and oxygen atoms in total. The Hall–Kier alpha value is -1.66. The summed E-state index contributed by atoms with van der Waals surface area (Å²) in [4.78, 5) is 12.8. The number of methoxy groups -OCH3 is 3. The highest BCUT2D eigenvalue weighted by atomic mass is 35.5. The van der Waals surface area contributed by atoms with E-state index in [1.54, 1.807) is 21.3 Å². The van der Waals surface area contributed by atoms with Crippen LogP contribution in [0, 0.1) is 5.92 Å². The van der Waals surface area contributed by atoms with E-state index in [2.05, 4.69) is 5.32 Å². The summed E-state index contributed by atoms with van der Waals surface area (Å²) in [7, 11) is 4.72. The van der Waals surface area contributed by atoms with Gasteiger partial charge in [0.2, 0.25) is 11.7 Å². The number of hydrogen-bond donors (Lipinski definition) is 2. The number of nitrogens with two attached hydrogens (primary N) is 1. The molecule has 0 aliphatic heterocycles. The third-order valence-corrected chi connectivity index (χ3v) is 5.12. The number of carbonyl (C=O) groups is 1. The molecule has 1 aliphatic rings. The van der Waals surface area contributed by atoms with E-state index in [9.17, 15) is 4.79 Å². The Bertz CT molecular complexity index is 597. The first-order valence-corrected chi connectivity index (χ1v) is 8.73. The summed E-state index contributed by atoms with van der Waals surface area (Å²) in [5.41, 5.74) is 6.79. The first-order valence-electron chi connectivity index (χ1n) is 8.73. The van der Waals surface area contributed by atoms with Crippen molar-refractivity contribution in [2.45, 2.75) is 51.1 Å². The molecule has 3 unspecified atom stereocenters. The molecule has 1 aliphatic carbocycles. The van der Waals surface area contributed by atoms with E-state index in [1.165, 1.54) is 0 Å². The molecule has 2 rings (SSSR count). The van der Waals surface area contributed by atoms with Crippen LogP contribution >= 0.6 is 12.4 Å². The number of nitrogens with one attached hydrogen (secondary N) is 1. The highest BCUT2D eigenvalue weighted by molar-refractivity contribution is 5.85. The van der Waals surface area contributed by atoms with Crippen molar-refractivity contribution < 1.29 is 19.0 Å². The molecule has 26 heavy (non-hydrogen) atoms. The maximum atomic E-state index is 12.8. The molecule has 0 saturated heterocycles. The fraction of sp³-hybridized carbons (Fsp3) is 0.632. The number of carbonyl (C=O) groups excluding carboxylic acids is 1. The SMILES string of the molecule is COc1cc(C(C)NC(=O)C2CCCCC2(C)N)cc(OC)c1OC.Cl. The molecule has 3 atom stereocenters. The molecule has 0 radical (unpaired) electrons. The van der Waals surface area contributed by atoms with Gasteiger partial charge in [0.1, 0.15) is 0 Å². The molecule has 0 heterocycles. The lowest BCUT2D eigenvalue weighted by Crippen LogP contribution is -2.53. The molecule has 1 amide bonds. The summed E-state index contributed by atoms with van der Waals surface area (Å²) in [5.74, 6) is 1.52. The van der Waals surface area contributed by atoms with Crippen LogP contribution in [0.1, 0.15) is 51.1 Å². The predicted molar refractivity (Wildman–Crippen MR) is 104 cm³/mol. The Balaban J connectivity index is 0.00000338. The highest BCUT2D eigenvalue weighted by Gasteiger charge is 2.38. The Morgan fingerprint density at radius 1 is 1.19 bits per heavy atom. The van der Waals surface area contributed by atoms with Gasteiger partial charge >= 0.3 is 0 Å². The molecular formula is C19H31ClN2O4. The van der Waals surface area contributed by atoms with Gasteiger partial charge in [-0.15, -0.1) is 12.4 Å². The van der Waals surface area contributed by atoms with E-state index < -0.39 is 5.54 Å². The lowest BCUT2D eigenvalue weighted by molar-refractivity contribution is -0.128. The van der Waals surface area contributed by atoms with Crippen LogP contribution in [0.15, 0.2) is 12.1 Å². The second-order valence-corrected chi connectivity index (χ2v) is 6.99. The van der Waals surface area contributed by atoms with Crippen LogP contribution in [0.25, 0.3) is 0 Å². The number of benzene rings is 1. The highest BCUT2D eigenvalue weighted by Crippen LogP contribution is 2.40. The second-order valence-electron chi connectivity index (χ2n) is 6.99. The fourth-order valence-electron chi connectivity index (χ4n) is 3.54. The van der Waals surface area contributed by atoms with Crippen LogP contribution in [0.3, 0.4) is 0 Å². The van der Waals surface area contributed by atoms with Crippen molar-refractivity contribution >= 4 is 18.3 Å². The van der Waals surface area contributed by atoms with Gasteiger partial charge in [0, 0.05) is 5.54 Å². The van der Waals surface area contributed by atoms with Crippen LogP contribution in [-0.4, -0.2) is 32.8 Å². The minimum absolute atomic E-state index is 0. The van der Waals surface area contributed by atoms with Crippen molar-refractivity contribution in [3.63, 3.8) is 0 Å². The molecule has 3 N–H and O–H groups in total. The Morgan fingerprint density at radius 3 is 2.23 bits per heavy atom. The molecule has 1 saturated carbocycles. The van der Waals surface area contributed by atoms with Crippen LogP contribution in [0.5, 0.6) is 17.2 Å². The summed E-state index contributed by atoms with van der Waals surface area (Å²) >= 11 is 0. The van der Waals surface area contributed by atoms with Gasteiger partial charge in [0.25, 0.3) is 0 Å². The maximum Gasteiger partial charge on any atom is 0.225 e. The molecule has 148 valence electrons. The number of rotatable bonds is 6. The van der Waals surface area contributed by atoms with Crippen molar-refractivity contribution in [3.05, 3.63) is 17.7 Å². The van der Waals surface area contributed by atoms with E-state index in [0.717, 1.165) is 31.2 Å². The largest absolute Gasteiger partial charge is 0.493 e. The standard InChI is InChI=1S/C19H30N2O4.ClH/c1-12(21-18(22)14-8-6-7-9-19(14,2)20)13-10-15(23-3)17(25-5)16(11-13)24-4;/h10-12,14H,6-9,20H2,1-5H3,(H,21,22);1H. The summed E-state index contributed by atoms with van der Waals surface area (Å²) in [6, 6.07) is 3.52. The average molecular weight is 387 g/mol. The van der Waals surface area contributed by atoms with Crippen LogP contribution in [-0.2, 0) is 4.79 Å². The fourth-order valence-corrected chi connectivity index (χ4v) is 3.54. The molecular weight excluding hydrogens is 356 g/mol. The summed E-state index contributed by atoms with van der Waals surface area (Å²) in [6.07, 6.45) is 3.84. The zero-order valence-electron chi connectivity index (χ0n) is 16.3. The average Bonchev–Trinajstić information content (AvgIpc) is 2.59. The quantitative estimate of drug-likeness (QED) is 0.784. The minimum Gasteiger partial charge on any atom is -0.493 e. The third kappa shape index (κ3) is 4.74. The van der Waals surface area contributed by atoms with Crippen LogP contribution in [0.4, 0.5) is 0 Å². The second kappa shape index (κ2) is 9.33.